The van der Waals surface area contributed by atoms with Crippen molar-refractivity contribution in [2.45, 2.75) is 27.7 Å². The van der Waals surface area contributed by atoms with Crippen LogP contribution in [0.4, 0.5) is 11.4 Å². The Labute approximate surface area is 115 Å². The summed E-state index contributed by atoms with van der Waals surface area (Å²) in [7, 11) is 1.36. The van der Waals surface area contributed by atoms with Crippen molar-refractivity contribution in [2.75, 3.05) is 24.7 Å². The van der Waals surface area contributed by atoms with Crippen LogP contribution in [-0.4, -0.2) is 19.6 Å². The molecule has 0 heterocycles. The molecule has 0 unspecified atom stereocenters. The zero-order valence-corrected chi connectivity index (χ0v) is 12.4. The summed E-state index contributed by atoms with van der Waals surface area (Å²) in [5.74, 6) is 0.191. The van der Waals surface area contributed by atoms with Gasteiger partial charge in [-0.2, -0.15) is 0 Å². The summed E-state index contributed by atoms with van der Waals surface area (Å²) in [6, 6.07) is 5.17. The third-order valence-corrected chi connectivity index (χ3v) is 3.77. The largest absolute Gasteiger partial charge is 0.465 e. The minimum atomic E-state index is -0.374. The van der Waals surface area contributed by atoms with Crippen LogP contribution in [0.25, 0.3) is 0 Å². The second-order valence-corrected chi connectivity index (χ2v) is 5.79. The maximum atomic E-state index is 11.4. The van der Waals surface area contributed by atoms with Crippen LogP contribution in [0.3, 0.4) is 0 Å². The fraction of sp³-hybridized carbons (Fsp3) is 0.533. The number of nitrogens with one attached hydrogen (secondary N) is 1. The van der Waals surface area contributed by atoms with Crippen LogP contribution in [0.2, 0.25) is 0 Å². The van der Waals surface area contributed by atoms with Gasteiger partial charge in [-0.15, -0.1) is 0 Å². The number of nitrogens with two attached hydrogens (primary N) is 1. The number of hydrogen-bond donors (Lipinski definition) is 2. The molecule has 4 heteroatoms. The number of benzene rings is 1. The lowest BCUT2D eigenvalue weighted by Crippen LogP contribution is -2.28. The smallest absolute Gasteiger partial charge is 0.337 e. The first kappa shape index (κ1) is 15.3. The number of rotatable bonds is 5. The molecule has 0 atom stereocenters. The number of esters is 1. The van der Waals surface area contributed by atoms with Gasteiger partial charge < -0.3 is 15.8 Å². The number of anilines is 2. The van der Waals surface area contributed by atoms with E-state index in [0.29, 0.717) is 17.2 Å². The molecule has 0 aliphatic carbocycles. The summed E-state index contributed by atoms with van der Waals surface area (Å²) in [6.07, 6.45) is 0. The summed E-state index contributed by atoms with van der Waals surface area (Å²) in [5.41, 5.74) is 8.00. The lowest BCUT2D eigenvalue weighted by molar-refractivity contribution is 0.0601. The van der Waals surface area contributed by atoms with Gasteiger partial charge in [0.1, 0.15) is 0 Å². The minimum Gasteiger partial charge on any atom is -0.465 e. The molecule has 1 aromatic carbocycles. The molecule has 0 bridgehead atoms. The van der Waals surface area contributed by atoms with Crippen molar-refractivity contribution in [3.05, 3.63) is 23.8 Å². The molecular weight excluding hydrogens is 240 g/mol. The quantitative estimate of drug-likeness (QED) is 0.633. The standard InChI is InChI=1S/C15H24N2O2/c1-10(2)15(3,4)9-17-13-7-6-11(8-12(13)16)14(18)19-5/h6-8,10,17H,9,16H2,1-5H3. The third kappa shape index (κ3) is 3.88. The Balaban J connectivity index is 2.79. The molecular formula is C15H24N2O2. The zero-order valence-electron chi connectivity index (χ0n) is 12.4. The first-order valence-electron chi connectivity index (χ1n) is 6.49. The van der Waals surface area contributed by atoms with Gasteiger partial charge in [-0.1, -0.05) is 27.7 Å². The van der Waals surface area contributed by atoms with E-state index in [4.69, 9.17) is 5.73 Å². The van der Waals surface area contributed by atoms with Gasteiger partial charge in [0, 0.05) is 6.54 Å². The first-order chi connectivity index (χ1) is 8.77. The van der Waals surface area contributed by atoms with Crippen molar-refractivity contribution < 1.29 is 9.53 Å². The topological polar surface area (TPSA) is 64.3 Å². The average molecular weight is 264 g/mol. The molecule has 0 aromatic heterocycles. The monoisotopic (exact) mass is 264 g/mol. The van der Waals surface area contributed by atoms with Crippen molar-refractivity contribution in [1.82, 2.24) is 0 Å². The minimum absolute atomic E-state index is 0.174. The second kappa shape index (κ2) is 5.95. The van der Waals surface area contributed by atoms with E-state index in [1.165, 1.54) is 7.11 Å². The summed E-state index contributed by atoms with van der Waals surface area (Å²) in [6.45, 7) is 9.65. The van der Waals surface area contributed by atoms with E-state index in [2.05, 4.69) is 37.7 Å². The van der Waals surface area contributed by atoms with Crippen LogP contribution in [0.1, 0.15) is 38.1 Å². The molecule has 0 aliphatic heterocycles. The summed E-state index contributed by atoms with van der Waals surface area (Å²) < 4.78 is 4.66. The van der Waals surface area contributed by atoms with E-state index in [0.717, 1.165) is 12.2 Å². The lowest BCUT2D eigenvalue weighted by Gasteiger charge is -2.30. The Morgan fingerprint density at radius 3 is 2.53 bits per heavy atom. The van der Waals surface area contributed by atoms with Gasteiger partial charge in [-0.3, -0.25) is 0 Å². The molecule has 0 saturated carbocycles. The molecule has 1 aromatic rings. The summed E-state index contributed by atoms with van der Waals surface area (Å²) in [5, 5.41) is 3.34. The molecule has 19 heavy (non-hydrogen) atoms. The Bertz CT molecular complexity index is 453. The van der Waals surface area contributed by atoms with Crippen molar-refractivity contribution in [3.63, 3.8) is 0 Å². The molecule has 0 saturated heterocycles. The number of ether oxygens (including phenoxy) is 1. The highest BCUT2D eigenvalue weighted by atomic mass is 16.5. The number of nitrogen functional groups attached to an aromatic ring is 1. The summed E-state index contributed by atoms with van der Waals surface area (Å²) >= 11 is 0. The second-order valence-electron chi connectivity index (χ2n) is 5.79. The molecule has 0 amide bonds. The molecule has 0 fully saturated rings. The van der Waals surface area contributed by atoms with Crippen molar-refractivity contribution in [3.8, 4) is 0 Å². The van der Waals surface area contributed by atoms with Crippen LogP contribution in [0.5, 0.6) is 0 Å². The zero-order chi connectivity index (χ0) is 14.6. The van der Waals surface area contributed by atoms with Crippen molar-refractivity contribution >= 4 is 17.3 Å². The van der Waals surface area contributed by atoms with Gasteiger partial charge in [0.25, 0.3) is 0 Å². The molecule has 4 nitrogen and oxygen atoms in total. The predicted octanol–water partition coefficient (Wildman–Crippen LogP) is 3.15. The first-order valence-corrected chi connectivity index (χ1v) is 6.49. The highest BCUT2D eigenvalue weighted by Crippen LogP contribution is 2.28. The van der Waals surface area contributed by atoms with Crippen LogP contribution in [0, 0.1) is 11.3 Å². The van der Waals surface area contributed by atoms with Crippen LogP contribution in [0.15, 0.2) is 18.2 Å². The van der Waals surface area contributed by atoms with E-state index >= 15 is 0 Å². The SMILES string of the molecule is COC(=O)c1ccc(NCC(C)(C)C(C)C)c(N)c1. The lowest BCUT2D eigenvalue weighted by atomic mass is 9.81. The van der Waals surface area contributed by atoms with Crippen LogP contribution in [-0.2, 0) is 4.74 Å². The van der Waals surface area contributed by atoms with Gasteiger partial charge in [0.2, 0.25) is 0 Å². The van der Waals surface area contributed by atoms with E-state index in [1.54, 1.807) is 12.1 Å². The van der Waals surface area contributed by atoms with Crippen LogP contribution < -0.4 is 11.1 Å². The van der Waals surface area contributed by atoms with E-state index in [-0.39, 0.29) is 11.4 Å². The van der Waals surface area contributed by atoms with Gasteiger partial charge in [0.15, 0.2) is 0 Å². The number of methoxy groups -OCH3 is 1. The van der Waals surface area contributed by atoms with E-state index < -0.39 is 0 Å². The van der Waals surface area contributed by atoms with Gasteiger partial charge >= 0.3 is 5.97 Å². The predicted molar refractivity (Wildman–Crippen MR) is 79.3 cm³/mol. The Morgan fingerprint density at radius 1 is 1.42 bits per heavy atom. The highest BCUT2D eigenvalue weighted by molar-refractivity contribution is 5.91. The molecule has 3 N–H and O–H groups in total. The van der Waals surface area contributed by atoms with Crippen molar-refractivity contribution in [1.29, 1.82) is 0 Å². The number of carbonyl (C=O) groups excluding carboxylic acids is 1. The molecule has 0 aliphatic rings. The fourth-order valence-electron chi connectivity index (χ4n) is 1.50. The normalized spacial score (nSPS) is 11.5. The Hall–Kier alpha value is -1.71. The highest BCUT2D eigenvalue weighted by Gasteiger charge is 2.22. The maximum Gasteiger partial charge on any atom is 0.337 e. The maximum absolute atomic E-state index is 11.4. The fourth-order valence-corrected chi connectivity index (χ4v) is 1.50. The van der Waals surface area contributed by atoms with E-state index in [9.17, 15) is 4.79 Å². The van der Waals surface area contributed by atoms with Gasteiger partial charge in [-0.05, 0) is 29.5 Å². The molecule has 106 valence electrons. The van der Waals surface area contributed by atoms with Crippen LogP contribution >= 0.6 is 0 Å². The van der Waals surface area contributed by atoms with E-state index in [1.807, 2.05) is 6.07 Å². The number of carbonyl (C=O) groups is 1. The molecule has 0 spiro atoms. The average Bonchev–Trinajstić information content (AvgIpc) is 2.36. The van der Waals surface area contributed by atoms with Gasteiger partial charge in [-0.25, -0.2) is 4.79 Å². The molecule has 0 radical (unpaired) electrons. The van der Waals surface area contributed by atoms with Gasteiger partial charge in [0.05, 0.1) is 24.0 Å². The summed E-state index contributed by atoms with van der Waals surface area (Å²) in [4.78, 5) is 11.4. The van der Waals surface area contributed by atoms with Crippen molar-refractivity contribution in [2.24, 2.45) is 11.3 Å². The number of hydrogen-bond acceptors (Lipinski definition) is 4. The Kier molecular flexibility index (Phi) is 4.81. The third-order valence-electron chi connectivity index (χ3n) is 3.77. The Morgan fingerprint density at radius 2 is 2.05 bits per heavy atom. The molecule has 1 rings (SSSR count).